The number of aromatic hydroxyl groups is 1. The van der Waals surface area contributed by atoms with Gasteiger partial charge in [0, 0.05) is 6.42 Å². The molecule has 0 saturated heterocycles. The van der Waals surface area contributed by atoms with Crippen molar-refractivity contribution >= 4 is 11.8 Å². The molecule has 7 N–H and O–H groups in total. The van der Waals surface area contributed by atoms with Crippen molar-refractivity contribution in [3.8, 4) is 5.75 Å². The van der Waals surface area contributed by atoms with Gasteiger partial charge in [-0.15, -0.1) is 0 Å². The lowest BCUT2D eigenvalue weighted by Crippen LogP contribution is -2.52. The first-order valence-corrected chi connectivity index (χ1v) is 8.94. The number of hydrogen-bond donors (Lipinski definition) is 6. The molecule has 0 spiro atoms. The fraction of sp³-hybridized carbons (Fsp3) is 0.300. The number of benzene rings is 2. The third kappa shape index (κ3) is 4.14. The Hall–Kier alpha value is -2.94. The number of phenols is 1. The van der Waals surface area contributed by atoms with E-state index < -0.39 is 35.9 Å². The molecule has 4 atom stereocenters. The third-order valence-electron chi connectivity index (χ3n) is 5.05. The van der Waals surface area contributed by atoms with Crippen molar-refractivity contribution in [1.29, 1.82) is 0 Å². The Morgan fingerprint density at radius 3 is 2.61 bits per heavy atom. The summed E-state index contributed by atoms with van der Waals surface area (Å²) in [4.78, 5) is 24.8. The molecule has 1 aliphatic rings. The van der Waals surface area contributed by atoms with Crippen LogP contribution in [-0.2, 0) is 22.4 Å². The molecule has 0 radical (unpaired) electrons. The predicted octanol–water partition coefficient (Wildman–Crippen LogP) is 0.158. The van der Waals surface area contributed by atoms with Crippen LogP contribution in [0.15, 0.2) is 48.5 Å². The number of fused-ring (bicyclic) bond motifs is 1. The molecule has 3 rings (SSSR count). The Balaban J connectivity index is 1.83. The van der Waals surface area contributed by atoms with Crippen LogP contribution in [0.25, 0.3) is 0 Å². The normalized spacial score (nSPS) is 20.1. The van der Waals surface area contributed by atoms with Gasteiger partial charge in [-0.2, -0.15) is 0 Å². The first-order valence-electron chi connectivity index (χ1n) is 8.94. The number of hydroxylamine groups is 1. The van der Waals surface area contributed by atoms with E-state index in [-0.39, 0.29) is 12.2 Å². The van der Waals surface area contributed by atoms with Crippen LogP contribution in [0.5, 0.6) is 5.75 Å². The number of phenolic OH excluding ortho intramolecular Hbond substituents is 1. The summed E-state index contributed by atoms with van der Waals surface area (Å²) in [6, 6.07) is 11.8. The van der Waals surface area contributed by atoms with Gasteiger partial charge >= 0.3 is 0 Å². The molecular formula is C20H23N3O5. The number of nitrogens with one attached hydrogen (secondary N) is 2. The molecule has 0 aliphatic heterocycles. The molecule has 8 nitrogen and oxygen atoms in total. The van der Waals surface area contributed by atoms with Crippen LogP contribution in [0.1, 0.15) is 22.7 Å². The summed E-state index contributed by atoms with van der Waals surface area (Å²) in [5.41, 5.74) is 9.75. The smallest absolute Gasteiger partial charge is 0.261 e. The number of rotatable bonds is 6. The van der Waals surface area contributed by atoms with Gasteiger partial charge in [-0.1, -0.05) is 36.4 Å². The third-order valence-corrected chi connectivity index (χ3v) is 5.05. The molecule has 148 valence electrons. The summed E-state index contributed by atoms with van der Waals surface area (Å²) in [6.07, 6.45) is -0.300. The summed E-state index contributed by atoms with van der Waals surface area (Å²) >= 11 is 0. The lowest BCUT2D eigenvalue weighted by atomic mass is 9.90. The first-order chi connectivity index (χ1) is 13.4. The van der Waals surface area contributed by atoms with Crippen LogP contribution >= 0.6 is 0 Å². The Bertz CT molecular complexity index is 872. The summed E-state index contributed by atoms with van der Waals surface area (Å²) in [5.74, 6) is -2.42. The topological polar surface area (TPSA) is 145 Å². The van der Waals surface area contributed by atoms with Gasteiger partial charge in [0.15, 0.2) is 0 Å². The molecule has 2 amide bonds. The minimum atomic E-state index is -1.32. The van der Waals surface area contributed by atoms with E-state index in [0.717, 1.165) is 11.1 Å². The van der Waals surface area contributed by atoms with E-state index >= 15 is 0 Å². The van der Waals surface area contributed by atoms with E-state index in [0.29, 0.717) is 12.0 Å². The molecule has 8 heteroatoms. The van der Waals surface area contributed by atoms with Gasteiger partial charge in [0.05, 0.1) is 24.1 Å². The highest BCUT2D eigenvalue weighted by atomic mass is 16.5. The van der Waals surface area contributed by atoms with Gasteiger partial charge in [0.2, 0.25) is 5.91 Å². The molecule has 0 saturated carbocycles. The molecule has 2 aromatic carbocycles. The number of amides is 2. The number of aliphatic hydroxyl groups is 1. The summed E-state index contributed by atoms with van der Waals surface area (Å²) in [7, 11) is 0. The molecule has 2 aromatic rings. The van der Waals surface area contributed by atoms with Crippen LogP contribution in [-0.4, -0.2) is 39.4 Å². The van der Waals surface area contributed by atoms with Gasteiger partial charge in [-0.05, 0) is 35.2 Å². The summed E-state index contributed by atoms with van der Waals surface area (Å²) in [5, 5.41) is 31.7. The van der Waals surface area contributed by atoms with Crippen LogP contribution in [0.2, 0.25) is 0 Å². The fourth-order valence-corrected chi connectivity index (χ4v) is 3.59. The van der Waals surface area contributed by atoms with Crippen LogP contribution in [0.3, 0.4) is 0 Å². The second-order valence-corrected chi connectivity index (χ2v) is 6.94. The van der Waals surface area contributed by atoms with Crippen molar-refractivity contribution in [2.24, 2.45) is 11.7 Å². The zero-order valence-corrected chi connectivity index (χ0v) is 15.1. The Labute approximate surface area is 162 Å². The van der Waals surface area contributed by atoms with Crippen molar-refractivity contribution in [2.75, 3.05) is 0 Å². The quantitative estimate of drug-likeness (QED) is 0.309. The standard InChI is InChI=1S/C20H23N3O5/c21-17(20(27)23-28)15(9-11-4-3-6-13(24)8-11)19(26)22-18-14-7-2-1-5-12(14)10-16(18)25/h1-8,15-18,24-25,28H,9-10,21H2,(H,22,26)(H,23,27)/t15-,16-,17+,18+/m1/s1. The van der Waals surface area contributed by atoms with Crippen molar-refractivity contribution in [3.63, 3.8) is 0 Å². The molecule has 1 aliphatic carbocycles. The van der Waals surface area contributed by atoms with E-state index in [1.165, 1.54) is 17.6 Å². The molecule has 0 unspecified atom stereocenters. The van der Waals surface area contributed by atoms with E-state index in [9.17, 15) is 19.8 Å². The minimum absolute atomic E-state index is 0.0250. The van der Waals surface area contributed by atoms with E-state index in [4.69, 9.17) is 10.9 Å². The van der Waals surface area contributed by atoms with E-state index in [1.54, 1.807) is 12.1 Å². The SMILES string of the molecule is N[C@H](C(=O)NO)[C@@H](Cc1cccc(O)c1)C(=O)N[C@H]1c2ccccc2C[C@H]1O. The lowest BCUT2D eigenvalue weighted by Gasteiger charge is -2.25. The van der Waals surface area contributed by atoms with Gasteiger partial charge in [0.1, 0.15) is 5.75 Å². The molecular weight excluding hydrogens is 362 g/mol. The minimum Gasteiger partial charge on any atom is -0.508 e. The lowest BCUT2D eigenvalue weighted by molar-refractivity contribution is -0.137. The highest BCUT2D eigenvalue weighted by molar-refractivity contribution is 5.90. The second-order valence-electron chi connectivity index (χ2n) is 6.94. The maximum Gasteiger partial charge on any atom is 0.261 e. The van der Waals surface area contributed by atoms with Crippen molar-refractivity contribution in [3.05, 3.63) is 65.2 Å². The van der Waals surface area contributed by atoms with Crippen LogP contribution < -0.4 is 16.5 Å². The predicted molar refractivity (Wildman–Crippen MR) is 100 cm³/mol. The number of aliphatic hydroxyl groups excluding tert-OH is 1. The molecule has 0 heterocycles. The largest absolute Gasteiger partial charge is 0.508 e. The van der Waals surface area contributed by atoms with E-state index in [1.807, 2.05) is 24.3 Å². The second kappa shape index (κ2) is 8.39. The molecule has 28 heavy (non-hydrogen) atoms. The van der Waals surface area contributed by atoms with Gasteiger partial charge in [-0.25, -0.2) is 5.48 Å². The molecule has 0 bridgehead atoms. The first kappa shape index (κ1) is 19.8. The number of nitrogens with two attached hydrogens (primary N) is 1. The van der Waals surface area contributed by atoms with Crippen molar-refractivity contribution < 1.29 is 25.0 Å². The zero-order chi connectivity index (χ0) is 20.3. The van der Waals surface area contributed by atoms with Gasteiger partial charge < -0.3 is 21.3 Å². The number of carbonyl (C=O) groups is 2. The Morgan fingerprint density at radius 1 is 1.14 bits per heavy atom. The average Bonchev–Trinajstić information content (AvgIpc) is 3.00. The maximum absolute atomic E-state index is 13.0. The highest BCUT2D eigenvalue weighted by Crippen LogP contribution is 2.31. The molecule has 0 aromatic heterocycles. The van der Waals surface area contributed by atoms with Crippen LogP contribution in [0, 0.1) is 5.92 Å². The summed E-state index contributed by atoms with van der Waals surface area (Å²) in [6.45, 7) is 0. The average molecular weight is 385 g/mol. The number of hydrogen-bond acceptors (Lipinski definition) is 6. The summed E-state index contributed by atoms with van der Waals surface area (Å²) < 4.78 is 0. The van der Waals surface area contributed by atoms with Gasteiger partial charge in [-0.3, -0.25) is 14.8 Å². The maximum atomic E-state index is 13.0. The number of carbonyl (C=O) groups excluding carboxylic acids is 2. The van der Waals surface area contributed by atoms with Crippen molar-refractivity contribution in [1.82, 2.24) is 10.8 Å². The van der Waals surface area contributed by atoms with Crippen LogP contribution in [0.4, 0.5) is 0 Å². The zero-order valence-electron chi connectivity index (χ0n) is 15.1. The monoisotopic (exact) mass is 385 g/mol. The van der Waals surface area contributed by atoms with Crippen molar-refractivity contribution in [2.45, 2.75) is 31.0 Å². The van der Waals surface area contributed by atoms with E-state index in [2.05, 4.69) is 5.32 Å². The fourth-order valence-electron chi connectivity index (χ4n) is 3.59. The Kier molecular flexibility index (Phi) is 5.93. The highest BCUT2D eigenvalue weighted by Gasteiger charge is 2.36. The van der Waals surface area contributed by atoms with Gasteiger partial charge in [0.25, 0.3) is 5.91 Å². The molecule has 0 fully saturated rings. The Morgan fingerprint density at radius 2 is 1.89 bits per heavy atom.